The van der Waals surface area contributed by atoms with Crippen LogP contribution in [0.15, 0.2) is 72.1 Å². The Kier molecular flexibility index (Phi) is 6.13. The lowest BCUT2D eigenvalue weighted by molar-refractivity contribution is -0.926. The Hall–Kier alpha value is -3.23. The molecule has 1 aliphatic heterocycles. The van der Waals surface area contributed by atoms with Crippen LogP contribution in [0.3, 0.4) is 0 Å². The molecule has 0 amide bonds. The molecular weight excluding hydrogens is 420 g/mol. The van der Waals surface area contributed by atoms with Gasteiger partial charge in [-0.05, 0) is 51.7 Å². The Morgan fingerprint density at radius 2 is 1.78 bits per heavy atom. The quantitative estimate of drug-likeness (QED) is 0.471. The number of hydrogen-bond donors (Lipinski definition) is 1. The Morgan fingerprint density at radius 3 is 2.47 bits per heavy atom. The summed E-state index contributed by atoms with van der Waals surface area (Å²) in [6, 6.07) is 23.2. The average Bonchev–Trinajstić information content (AvgIpc) is 3.54. The Balaban J connectivity index is 1.37. The Morgan fingerprint density at radius 1 is 1.00 bits per heavy atom. The monoisotopic (exact) mass is 447 g/mol. The van der Waals surface area contributed by atoms with Gasteiger partial charge in [0.25, 0.3) is 0 Å². The van der Waals surface area contributed by atoms with E-state index in [1.165, 1.54) is 15.5 Å². The summed E-state index contributed by atoms with van der Waals surface area (Å²) < 4.78 is 7.23. The van der Waals surface area contributed by atoms with E-state index in [9.17, 15) is 0 Å². The van der Waals surface area contributed by atoms with E-state index < -0.39 is 0 Å². The van der Waals surface area contributed by atoms with Crippen molar-refractivity contribution in [2.75, 3.05) is 38.2 Å². The smallest absolute Gasteiger partial charge is 0.215 e. The van der Waals surface area contributed by atoms with Crippen molar-refractivity contribution in [1.82, 2.24) is 20.2 Å². The van der Waals surface area contributed by atoms with Crippen molar-refractivity contribution in [2.45, 2.75) is 12.6 Å². The van der Waals surface area contributed by atoms with E-state index in [1.807, 2.05) is 16.8 Å². The molecule has 1 aliphatic rings. The highest BCUT2D eigenvalue weighted by Crippen LogP contribution is 2.23. The number of thiophene rings is 1. The molecule has 5 rings (SSSR count). The molecule has 0 radical (unpaired) electrons. The largest absolute Gasteiger partial charge is 0.497 e. The maximum atomic E-state index is 5.28. The molecule has 0 bridgehead atoms. The van der Waals surface area contributed by atoms with Gasteiger partial charge in [-0.25, -0.2) is 4.68 Å². The molecule has 8 heteroatoms. The lowest BCUT2D eigenvalue weighted by Crippen LogP contribution is -3.15. The van der Waals surface area contributed by atoms with Crippen LogP contribution in [0.25, 0.3) is 0 Å². The third-order valence-electron chi connectivity index (χ3n) is 6.07. The highest BCUT2D eigenvalue weighted by Gasteiger charge is 2.35. The van der Waals surface area contributed by atoms with Crippen molar-refractivity contribution >= 4 is 17.0 Å². The number of piperazine rings is 1. The van der Waals surface area contributed by atoms with Crippen molar-refractivity contribution in [2.24, 2.45) is 0 Å². The van der Waals surface area contributed by atoms with E-state index in [0.29, 0.717) is 6.54 Å². The van der Waals surface area contributed by atoms with Crippen LogP contribution >= 0.6 is 11.3 Å². The molecule has 2 aromatic carbocycles. The summed E-state index contributed by atoms with van der Waals surface area (Å²) in [4.78, 5) is 5.28. The molecule has 0 spiro atoms. The minimum atomic E-state index is 0.126. The van der Waals surface area contributed by atoms with Crippen LogP contribution in [0, 0.1) is 0 Å². The topological polar surface area (TPSA) is 60.5 Å². The first kappa shape index (κ1) is 20.7. The lowest BCUT2D eigenvalue weighted by atomic mass is 10.1. The number of anilines is 1. The molecule has 32 heavy (non-hydrogen) atoms. The molecule has 1 atom stereocenters. The van der Waals surface area contributed by atoms with Gasteiger partial charge in [0.2, 0.25) is 5.82 Å². The van der Waals surface area contributed by atoms with Gasteiger partial charge in [0.05, 0.1) is 44.7 Å². The summed E-state index contributed by atoms with van der Waals surface area (Å²) in [5, 5.41) is 15.0. The number of methoxy groups -OCH3 is 1. The molecular formula is C24H27N6OS+. The molecule has 1 saturated heterocycles. The standard InChI is InChI=1S/C24H26N6OS/c1-31-21-11-9-19(10-12-21)18-30-24(25-26-27-30)23(22-8-5-17-32-22)29-15-13-28(14-16-29)20-6-3-2-4-7-20/h2-12,17,23H,13-16,18H2,1H3/p+1/t23-/m0/s1. The highest BCUT2D eigenvalue weighted by molar-refractivity contribution is 7.10. The second-order valence-corrected chi connectivity index (χ2v) is 8.95. The molecule has 0 unspecified atom stereocenters. The molecule has 3 heterocycles. The number of rotatable bonds is 7. The molecule has 4 aromatic rings. The zero-order valence-electron chi connectivity index (χ0n) is 18.1. The number of tetrazole rings is 1. The zero-order chi connectivity index (χ0) is 21.8. The first-order chi connectivity index (χ1) is 15.8. The fraction of sp³-hybridized carbons (Fsp3) is 0.292. The number of benzene rings is 2. The number of nitrogens with zero attached hydrogens (tertiary/aromatic N) is 5. The van der Waals surface area contributed by atoms with E-state index in [1.54, 1.807) is 18.4 Å². The van der Waals surface area contributed by atoms with Crippen LogP contribution < -0.4 is 14.5 Å². The van der Waals surface area contributed by atoms with Crippen molar-refractivity contribution in [3.63, 3.8) is 0 Å². The number of para-hydroxylation sites is 1. The van der Waals surface area contributed by atoms with Gasteiger partial charge in [-0.15, -0.1) is 16.4 Å². The van der Waals surface area contributed by atoms with Crippen LogP contribution in [0.2, 0.25) is 0 Å². The number of quaternary nitrogens is 1. The lowest BCUT2D eigenvalue weighted by Gasteiger charge is -2.36. The summed E-state index contributed by atoms with van der Waals surface area (Å²) >= 11 is 1.78. The SMILES string of the molecule is COc1ccc(Cn2nnnc2[C@H](c2cccs2)[NH+]2CCN(c3ccccc3)CC2)cc1. The fourth-order valence-corrected chi connectivity index (χ4v) is 5.26. The summed E-state index contributed by atoms with van der Waals surface area (Å²) in [5.74, 6) is 1.77. The van der Waals surface area contributed by atoms with Gasteiger partial charge in [0, 0.05) is 5.69 Å². The van der Waals surface area contributed by atoms with Crippen LogP contribution in [-0.4, -0.2) is 53.5 Å². The van der Waals surface area contributed by atoms with E-state index in [4.69, 9.17) is 4.74 Å². The Bertz CT molecular complexity index is 1110. The molecule has 164 valence electrons. The predicted molar refractivity (Wildman–Crippen MR) is 125 cm³/mol. The van der Waals surface area contributed by atoms with E-state index in [-0.39, 0.29) is 6.04 Å². The van der Waals surface area contributed by atoms with Gasteiger partial charge in [-0.1, -0.05) is 36.4 Å². The zero-order valence-corrected chi connectivity index (χ0v) is 18.9. The third kappa shape index (κ3) is 4.37. The van der Waals surface area contributed by atoms with Gasteiger partial charge >= 0.3 is 0 Å². The van der Waals surface area contributed by atoms with E-state index >= 15 is 0 Å². The van der Waals surface area contributed by atoms with Crippen molar-refractivity contribution in [1.29, 1.82) is 0 Å². The van der Waals surface area contributed by atoms with Crippen molar-refractivity contribution in [3.8, 4) is 5.75 Å². The van der Waals surface area contributed by atoms with Crippen molar-refractivity contribution < 1.29 is 9.64 Å². The number of hydrogen-bond acceptors (Lipinski definition) is 6. The fourth-order valence-electron chi connectivity index (χ4n) is 4.38. The van der Waals surface area contributed by atoms with Gasteiger partial charge in [0.15, 0.2) is 6.04 Å². The second kappa shape index (κ2) is 9.50. The van der Waals surface area contributed by atoms with E-state index in [0.717, 1.165) is 43.3 Å². The number of aromatic nitrogens is 4. The van der Waals surface area contributed by atoms with Gasteiger partial charge in [0.1, 0.15) is 5.75 Å². The first-order valence-electron chi connectivity index (χ1n) is 10.9. The van der Waals surface area contributed by atoms with E-state index in [2.05, 4.69) is 80.4 Å². The normalized spacial score (nSPS) is 15.6. The van der Waals surface area contributed by atoms with Crippen LogP contribution in [-0.2, 0) is 6.54 Å². The van der Waals surface area contributed by atoms with Gasteiger partial charge in [-0.2, -0.15) is 0 Å². The summed E-state index contributed by atoms with van der Waals surface area (Å²) in [5.41, 5.74) is 2.44. The highest BCUT2D eigenvalue weighted by atomic mass is 32.1. The molecule has 7 nitrogen and oxygen atoms in total. The summed E-state index contributed by atoms with van der Waals surface area (Å²) in [7, 11) is 1.68. The number of ether oxygens (including phenoxy) is 1. The van der Waals surface area contributed by atoms with Crippen LogP contribution in [0.5, 0.6) is 5.75 Å². The molecule has 0 saturated carbocycles. The second-order valence-electron chi connectivity index (χ2n) is 7.97. The van der Waals surface area contributed by atoms with Gasteiger partial charge in [-0.3, -0.25) is 0 Å². The average molecular weight is 448 g/mol. The number of nitrogens with one attached hydrogen (secondary N) is 1. The first-order valence-corrected chi connectivity index (χ1v) is 11.8. The molecule has 1 N–H and O–H groups in total. The maximum Gasteiger partial charge on any atom is 0.215 e. The summed E-state index contributed by atoms with van der Waals surface area (Å²) in [6.07, 6.45) is 0. The Labute approximate surface area is 191 Å². The molecule has 1 fully saturated rings. The maximum absolute atomic E-state index is 5.28. The minimum Gasteiger partial charge on any atom is -0.497 e. The van der Waals surface area contributed by atoms with Crippen LogP contribution in [0.1, 0.15) is 22.3 Å². The van der Waals surface area contributed by atoms with Gasteiger partial charge < -0.3 is 14.5 Å². The summed E-state index contributed by atoms with van der Waals surface area (Å²) in [6.45, 7) is 4.74. The van der Waals surface area contributed by atoms with Crippen LogP contribution in [0.4, 0.5) is 5.69 Å². The molecule has 0 aliphatic carbocycles. The van der Waals surface area contributed by atoms with Crippen molar-refractivity contribution in [3.05, 3.63) is 88.4 Å². The third-order valence-corrected chi connectivity index (χ3v) is 7.01. The molecule has 2 aromatic heterocycles. The predicted octanol–water partition coefficient (Wildman–Crippen LogP) is 2.29. The minimum absolute atomic E-state index is 0.126.